The molecule has 0 radical (unpaired) electrons. The Kier molecular flexibility index (Phi) is 4.53. The van der Waals surface area contributed by atoms with E-state index in [1.807, 2.05) is 24.0 Å². The number of hydrogen-bond donors (Lipinski definition) is 0. The molecule has 3 aliphatic rings. The van der Waals surface area contributed by atoms with Crippen LogP contribution >= 0.6 is 0 Å². The highest BCUT2D eigenvalue weighted by Crippen LogP contribution is 2.71. The van der Waals surface area contributed by atoms with Crippen molar-refractivity contribution in [2.45, 2.75) is 47.0 Å². The summed E-state index contributed by atoms with van der Waals surface area (Å²) < 4.78 is 0. The predicted molar refractivity (Wildman–Crippen MR) is 112 cm³/mol. The highest BCUT2D eigenvalue weighted by molar-refractivity contribution is 6.12. The number of carbonyl (C=O) groups is 2. The fraction of sp³-hybridized carbons (Fsp3) is 0.625. The van der Waals surface area contributed by atoms with E-state index in [9.17, 15) is 14.9 Å². The molecule has 0 spiro atoms. The molecule has 1 amide bonds. The van der Waals surface area contributed by atoms with Gasteiger partial charge in [0.2, 0.25) is 5.91 Å². The lowest BCUT2D eigenvalue weighted by molar-refractivity contribution is -0.154. The Morgan fingerprint density at radius 1 is 1.17 bits per heavy atom. The van der Waals surface area contributed by atoms with Gasteiger partial charge in [-0.3, -0.25) is 9.59 Å². The summed E-state index contributed by atoms with van der Waals surface area (Å²) in [7, 11) is 0. The number of hydrogen-bond acceptors (Lipinski definition) is 4. The second kappa shape index (κ2) is 6.58. The van der Waals surface area contributed by atoms with E-state index in [2.05, 4.69) is 43.9 Å². The maximum atomic E-state index is 13.8. The topological polar surface area (TPSA) is 64.4 Å². The minimum absolute atomic E-state index is 0.00631. The molecule has 29 heavy (non-hydrogen) atoms. The molecule has 2 saturated carbocycles. The van der Waals surface area contributed by atoms with Crippen molar-refractivity contribution in [3.8, 4) is 6.07 Å². The Labute approximate surface area is 173 Å². The van der Waals surface area contributed by atoms with Gasteiger partial charge in [-0.1, -0.05) is 39.0 Å². The zero-order valence-corrected chi connectivity index (χ0v) is 18.0. The molecule has 154 valence electrons. The van der Waals surface area contributed by atoms with Crippen molar-refractivity contribution in [3.05, 3.63) is 29.8 Å². The van der Waals surface area contributed by atoms with Crippen molar-refractivity contribution < 1.29 is 9.59 Å². The SMILES string of the molecule is Cc1ccccc1N1CCN(C(=O)C2(CC#N)C(=O)[C@]3(C)CCC2C3(C)C)CC1. The molecule has 0 aromatic heterocycles. The maximum absolute atomic E-state index is 13.8. The van der Waals surface area contributed by atoms with E-state index in [0.717, 1.165) is 25.9 Å². The van der Waals surface area contributed by atoms with Crippen molar-refractivity contribution in [3.63, 3.8) is 0 Å². The summed E-state index contributed by atoms with van der Waals surface area (Å²) in [6.45, 7) is 11.0. The third-order valence-corrected chi connectivity index (χ3v) is 8.49. The van der Waals surface area contributed by atoms with Gasteiger partial charge >= 0.3 is 0 Å². The van der Waals surface area contributed by atoms with Crippen LogP contribution in [0, 0.1) is 40.4 Å². The normalized spacial score (nSPS) is 33.1. The van der Waals surface area contributed by atoms with Crippen LogP contribution in [0.5, 0.6) is 0 Å². The van der Waals surface area contributed by atoms with Crippen molar-refractivity contribution in [2.75, 3.05) is 31.1 Å². The number of nitriles is 1. The molecular formula is C24H31N3O2. The van der Waals surface area contributed by atoms with E-state index in [1.165, 1.54) is 11.3 Å². The summed E-state index contributed by atoms with van der Waals surface area (Å²) in [4.78, 5) is 31.6. The van der Waals surface area contributed by atoms with Gasteiger partial charge < -0.3 is 9.80 Å². The van der Waals surface area contributed by atoms with Gasteiger partial charge in [-0.2, -0.15) is 5.26 Å². The van der Waals surface area contributed by atoms with Crippen LogP contribution in [-0.2, 0) is 9.59 Å². The second-order valence-electron chi connectivity index (χ2n) is 9.85. The first-order valence-electron chi connectivity index (χ1n) is 10.7. The number of ketones is 1. The van der Waals surface area contributed by atoms with Crippen LogP contribution in [0.3, 0.4) is 0 Å². The highest BCUT2D eigenvalue weighted by Gasteiger charge is 2.75. The van der Waals surface area contributed by atoms with Crippen molar-refractivity contribution in [2.24, 2.45) is 22.2 Å². The maximum Gasteiger partial charge on any atom is 0.237 e. The lowest BCUT2D eigenvalue weighted by Gasteiger charge is -2.43. The van der Waals surface area contributed by atoms with Gasteiger partial charge in [-0.25, -0.2) is 0 Å². The number of Topliss-reactive ketones (excluding diaryl/α,β-unsaturated/α-hetero) is 1. The van der Waals surface area contributed by atoms with Crippen LogP contribution in [0.15, 0.2) is 24.3 Å². The zero-order valence-electron chi connectivity index (χ0n) is 18.0. The molecule has 3 fully saturated rings. The molecule has 5 nitrogen and oxygen atoms in total. The number of aryl methyl sites for hydroxylation is 1. The van der Waals surface area contributed by atoms with E-state index < -0.39 is 10.8 Å². The smallest absolute Gasteiger partial charge is 0.237 e. The molecule has 2 unspecified atom stereocenters. The number of piperazine rings is 1. The Balaban J connectivity index is 1.58. The van der Waals surface area contributed by atoms with Gasteiger partial charge in [-0.15, -0.1) is 0 Å². The Bertz CT molecular complexity index is 894. The van der Waals surface area contributed by atoms with Gasteiger partial charge in [0.25, 0.3) is 0 Å². The number of anilines is 1. The molecule has 2 bridgehead atoms. The van der Waals surface area contributed by atoms with E-state index in [1.54, 1.807) is 0 Å². The van der Waals surface area contributed by atoms with Crippen molar-refractivity contribution in [1.82, 2.24) is 4.90 Å². The summed E-state index contributed by atoms with van der Waals surface area (Å²) >= 11 is 0. The molecule has 1 saturated heterocycles. The molecule has 1 heterocycles. The third-order valence-electron chi connectivity index (χ3n) is 8.49. The lowest BCUT2D eigenvalue weighted by Crippen LogP contribution is -2.57. The average molecular weight is 394 g/mol. The highest BCUT2D eigenvalue weighted by atomic mass is 16.2. The molecule has 3 atom stereocenters. The first kappa shape index (κ1) is 19.9. The summed E-state index contributed by atoms with van der Waals surface area (Å²) in [5.41, 5.74) is 0.519. The first-order chi connectivity index (χ1) is 13.7. The fourth-order valence-corrected chi connectivity index (χ4v) is 6.42. The number of fused-ring (bicyclic) bond motifs is 2. The Morgan fingerprint density at radius 3 is 2.38 bits per heavy atom. The quantitative estimate of drug-likeness (QED) is 0.737. The van der Waals surface area contributed by atoms with Gasteiger partial charge in [0.05, 0.1) is 12.5 Å². The lowest BCUT2D eigenvalue weighted by atomic mass is 9.66. The molecule has 1 aliphatic heterocycles. The second-order valence-corrected chi connectivity index (χ2v) is 9.85. The van der Waals surface area contributed by atoms with E-state index >= 15 is 0 Å². The Morgan fingerprint density at radius 2 is 1.83 bits per heavy atom. The Hall–Kier alpha value is -2.35. The summed E-state index contributed by atoms with van der Waals surface area (Å²) in [5, 5.41) is 9.58. The summed E-state index contributed by atoms with van der Waals surface area (Å²) in [6.07, 6.45) is 1.68. The van der Waals surface area contributed by atoms with Crippen LogP contribution in [0.2, 0.25) is 0 Å². The number of nitrogens with zero attached hydrogens (tertiary/aromatic N) is 3. The monoisotopic (exact) mass is 393 g/mol. The van der Waals surface area contributed by atoms with Crippen LogP contribution in [0.25, 0.3) is 0 Å². The molecule has 1 aromatic carbocycles. The van der Waals surface area contributed by atoms with Crippen LogP contribution in [-0.4, -0.2) is 42.8 Å². The largest absolute Gasteiger partial charge is 0.368 e. The van der Waals surface area contributed by atoms with E-state index in [4.69, 9.17) is 0 Å². The molecule has 0 N–H and O–H groups in total. The zero-order chi connectivity index (χ0) is 21.0. The minimum atomic E-state index is -1.16. The predicted octanol–water partition coefficient (Wildman–Crippen LogP) is 3.57. The fourth-order valence-electron chi connectivity index (χ4n) is 6.42. The van der Waals surface area contributed by atoms with Gasteiger partial charge in [0.15, 0.2) is 5.78 Å². The third kappa shape index (κ3) is 2.51. The molecule has 1 aromatic rings. The number of amides is 1. The number of benzene rings is 1. The number of para-hydroxylation sites is 1. The average Bonchev–Trinajstić information content (AvgIpc) is 3.01. The van der Waals surface area contributed by atoms with Crippen molar-refractivity contribution in [1.29, 1.82) is 5.26 Å². The number of carbonyl (C=O) groups excluding carboxylic acids is 2. The van der Waals surface area contributed by atoms with Crippen LogP contribution in [0.4, 0.5) is 5.69 Å². The number of rotatable bonds is 3. The van der Waals surface area contributed by atoms with E-state index in [-0.39, 0.29) is 29.4 Å². The van der Waals surface area contributed by atoms with Crippen LogP contribution in [0.1, 0.15) is 45.6 Å². The van der Waals surface area contributed by atoms with E-state index in [0.29, 0.717) is 13.1 Å². The molecular weight excluding hydrogens is 362 g/mol. The summed E-state index contributed by atoms with van der Waals surface area (Å²) in [6, 6.07) is 10.5. The van der Waals surface area contributed by atoms with Crippen molar-refractivity contribution >= 4 is 17.4 Å². The molecule has 5 heteroatoms. The standard InChI is InChI=1S/C24H31N3O2/c1-17-7-5-6-8-18(17)26-13-15-27(16-14-26)21(29)24(11-12-25)19-9-10-23(4,20(24)28)22(19,2)3/h5-8,19H,9-11,13-16H2,1-4H3/t19?,23-,24?/m0/s1. The van der Waals surface area contributed by atoms with Crippen LogP contribution < -0.4 is 4.90 Å². The van der Waals surface area contributed by atoms with Gasteiger partial charge in [0, 0.05) is 37.3 Å². The van der Waals surface area contributed by atoms with Gasteiger partial charge in [-0.05, 0) is 42.7 Å². The first-order valence-corrected chi connectivity index (χ1v) is 10.7. The minimum Gasteiger partial charge on any atom is -0.368 e. The summed E-state index contributed by atoms with van der Waals surface area (Å²) in [5.74, 6) is -0.136. The molecule has 4 rings (SSSR count). The molecule has 2 aliphatic carbocycles. The van der Waals surface area contributed by atoms with Gasteiger partial charge in [0.1, 0.15) is 5.41 Å².